The van der Waals surface area contributed by atoms with Gasteiger partial charge < -0.3 is 10.5 Å². The molecule has 1 aliphatic rings. The Hall–Kier alpha value is -0.290. The van der Waals surface area contributed by atoms with Crippen LogP contribution in [0.1, 0.15) is 51.9 Å². The van der Waals surface area contributed by atoms with Gasteiger partial charge in [-0.05, 0) is 31.6 Å². The molecule has 0 heterocycles. The molecule has 1 fully saturated rings. The minimum Gasteiger partial charge on any atom is -0.371 e. The molecule has 2 nitrogen and oxygen atoms in total. The maximum absolute atomic E-state index is 12.1. The third-order valence-electron chi connectivity index (χ3n) is 4.24. The summed E-state index contributed by atoms with van der Waals surface area (Å²) in [6.45, 7) is 1.58. The maximum atomic E-state index is 12.1. The van der Waals surface area contributed by atoms with Crippen LogP contribution in [0.2, 0.25) is 0 Å². The van der Waals surface area contributed by atoms with Gasteiger partial charge in [0.25, 0.3) is 0 Å². The van der Waals surface area contributed by atoms with E-state index < -0.39 is 12.8 Å². The Morgan fingerprint density at radius 1 is 1.26 bits per heavy atom. The van der Waals surface area contributed by atoms with Crippen molar-refractivity contribution in [2.75, 3.05) is 19.8 Å². The Balaban J connectivity index is 2.33. The van der Waals surface area contributed by atoms with Gasteiger partial charge in [0.15, 0.2) is 0 Å². The topological polar surface area (TPSA) is 35.2 Å². The van der Waals surface area contributed by atoms with E-state index in [1.54, 1.807) is 0 Å². The molecule has 0 aliphatic heterocycles. The molecule has 0 amide bonds. The van der Waals surface area contributed by atoms with E-state index in [4.69, 9.17) is 10.5 Å². The van der Waals surface area contributed by atoms with Gasteiger partial charge in [0.1, 0.15) is 6.61 Å². The van der Waals surface area contributed by atoms with Crippen LogP contribution in [0, 0.1) is 11.3 Å². The summed E-state index contributed by atoms with van der Waals surface area (Å²) in [4.78, 5) is 0. The Bertz CT molecular complexity index is 248. The van der Waals surface area contributed by atoms with Crippen LogP contribution >= 0.6 is 0 Å². The lowest BCUT2D eigenvalue weighted by molar-refractivity contribution is -0.182. The molecule has 0 aromatic carbocycles. The normalized spacial score (nSPS) is 28.6. The van der Waals surface area contributed by atoms with Crippen LogP contribution in [0.25, 0.3) is 0 Å². The number of halogens is 3. The highest BCUT2D eigenvalue weighted by atomic mass is 19.4. The average molecular weight is 281 g/mol. The van der Waals surface area contributed by atoms with E-state index in [1.807, 2.05) is 0 Å². The summed E-state index contributed by atoms with van der Waals surface area (Å²) in [5, 5.41) is 0. The van der Waals surface area contributed by atoms with Gasteiger partial charge in [0.2, 0.25) is 0 Å². The molecule has 0 atom stereocenters. The summed E-state index contributed by atoms with van der Waals surface area (Å²) < 4.78 is 41.1. The average Bonchev–Trinajstić information content (AvgIpc) is 2.36. The molecular formula is C14H26F3NO. The Morgan fingerprint density at radius 3 is 2.37 bits per heavy atom. The summed E-state index contributed by atoms with van der Waals surface area (Å²) >= 11 is 0. The lowest BCUT2D eigenvalue weighted by Gasteiger charge is -2.39. The van der Waals surface area contributed by atoms with Crippen LogP contribution in [0.3, 0.4) is 0 Å². The molecular weight excluding hydrogens is 255 g/mol. The van der Waals surface area contributed by atoms with Gasteiger partial charge in [-0.25, -0.2) is 0 Å². The molecule has 114 valence electrons. The van der Waals surface area contributed by atoms with Crippen molar-refractivity contribution < 1.29 is 17.9 Å². The Labute approximate surface area is 113 Å². The first-order valence-electron chi connectivity index (χ1n) is 7.25. The molecule has 0 aromatic rings. The Kier molecular flexibility index (Phi) is 6.60. The van der Waals surface area contributed by atoms with E-state index >= 15 is 0 Å². The van der Waals surface area contributed by atoms with Gasteiger partial charge >= 0.3 is 6.18 Å². The van der Waals surface area contributed by atoms with Crippen LogP contribution in [0.5, 0.6) is 0 Å². The van der Waals surface area contributed by atoms with Crippen LogP contribution in [-0.2, 0) is 4.74 Å². The SMILES string of the molecule is CCCCC1CCC(CN)(COCC(F)(F)F)CC1. The fourth-order valence-corrected chi connectivity index (χ4v) is 2.86. The number of hydrogen-bond acceptors (Lipinski definition) is 2. The van der Waals surface area contributed by atoms with Gasteiger partial charge in [0.05, 0.1) is 6.61 Å². The molecule has 1 rings (SSSR count). The fraction of sp³-hybridized carbons (Fsp3) is 1.00. The molecule has 0 aromatic heterocycles. The van der Waals surface area contributed by atoms with Gasteiger partial charge in [-0.2, -0.15) is 13.2 Å². The number of nitrogens with two attached hydrogens (primary N) is 1. The maximum Gasteiger partial charge on any atom is 0.411 e. The van der Waals surface area contributed by atoms with E-state index in [-0.39, 0.29) is 12.0 Å². The van der Waals surface area contributed by atoms with Gasteiger partial charge in [-0.3, -0.25) is 0 Å². The number of unbranched alkanes of at least 4 members (excludes halogenated alkanes) is 1. The second-order valence-corrected chi connectivity index (χ2v) is 5.90. The monoisotopic (exact) mass is 281 g/mol. The third kappa shape index (κ3) is 6.13. The quantitative estimate of drug-likeness (QED) is 0.768. The summed E-state index contributed by atoms with van der Waals surface area (Å²) in [6, 6.07) is 0. The van der Waals surface area contributed by atoms with Crippen LogP contribution in [-0.4, -0.2) is 25.9 Å². The standard InChI is InChI=1S/C14H26F3NO/c1-2-3-4-12-5-7-13(9-18,8-6-12)10-19-11-14(15,16)17/h12H,2-11,18H2,1H3. The number of hydrogen-bond donors (Lipinski definition) is 1. The van der Waals surface area contributed by atoms with Crippen LogP contribution < -0.4 is 5.73 Å². The van der Waals surface area contributed by atoms with Crippen molar-refractivity contribution in [1.29, 1.82) is 0 Å². The van der Waals surface area contributed by atoms with Crippen molar-refractivity contribution in [1.82, 2.24) is 0 Å². The van der Waals surface area contributed by atoms with Crippen molar-refractivity contribution >= 4 is 0 Å². The van der Waals surface area contributed by atoms with E-state index in [0.717, 1.165) is 31.6 Å². The molecule has 0 spiro atoms. The molecule has 5 heteroatoms. The summed E-state index contributed by atoms with van der Waals surface area (Å²) in [5.74, 6) is 0.724. The molecule has 19 heavy (non-hydrogen) atoms. The first kappa shape index (κ1) is 16.8. The Morgan fingerprint density at radius 2 is 1.89 bits per heavy atom. The molecule has 2 N–H and O–H groups in total. The zero-order valence-electron chi connectivity index (χ0n) is 11.8. The zero-order valence-corrected chi connectivity index (χ0v) is 11.8. The smallest absolute Gasteiger partial charge is 0.371 e. The lowest BCUT2D eigenvalue weighted by Crippen LogP contribution is -2.39. The van der Waals surface area contributed by atoms with E-state index in [1.165, 1.54) is 19.3 Å². The van der Waals surface area contributed by atoms with Crippen molar-refractivity contribution in [3.8, 4) is 0 Å². The molecule has 0 bridgehead atoms. The predicted molar refractivity (Wildman–Crippen MR) is 69.8 cm³/mol. The summed E-state index contributed by atoms with van der Waals surface area (Å²) in [6.07, 6.45) is 3.39. The van der Waals surface area contributed by atoms with Crippen molar-refractivity contribution in [3.05, 3.63) is 0 Å². The molecule has 0 unspecified atom stereocenters. The van der Waals surface area contributed by atoms with Gasteiger partial charge in [-0.15, -0.1) is 0 Å². The summed E-state index contributed by atoms with van der Waals surface area (Å²) in [5.41, 5.74) is 5.54. The summed E-state index contributed by atoms with van der Waals surface area (Å²) in [7, 11) is 0. The molecule has 0 radical (unpaired) electrons. The predicted octanol–water partition coefficient (Wildman–Crippen LogP) is 3.89. The zero-order chi connectivity index (χ0) is 14.4. The number of ether oxygens (including phenoxy) is 1. The van der Waals surface area contributed by atoms with Crippen LogP contribution in [0.4, 0.5) is 13.2 Å². The van der Waals surface area contributed by atoms with Gasteiger partial charge in [0, 0.05) is 12.0 Å². The van der Waals surface area contributed by atoms with Gasteiger partial charge in [-0.1, -0.05) is 26.2 Å². The first-order chi connectivity index (χ1) is 8.91. The van der Waals surface area contributed by atoms with Crippen LogP contribution in [0.15, 0.2) is 0 Å². The lowest BCUT2D eigenvalue weighted by atomic mass is 9.70. The molecule has 1 saturated carbocycles. The van der Waals surface area contributed by atoms with E-state index in [9.17, 15) is 13.2 Å². The highest BCUT2D eigenvalue weighted by Gasteiger charge is 2.36. The second-order valence-electron chi connectivity index (χ2n) is 5.90. The van der Waals surface area contributed by atoms with Crippen molar-refractivity contribution in [2.45, 2.75) is 58.0 Å². The third-order valence-corrected chi connectivity index (χ3v) is 4.24. The minimum absolute atomic E-state index is 0.142. The number of rotatable bonds is 7. The fourth-order valence-electron chi connectivity index (χ4n) is 2.86. The number of alkyl halides is 3. The highest BCUT2D eigenvalue weighted by Crippen LogP contribution is 2.40. The molecule has 0 saturated heterocycles. The van der Waals surface area contributed by atoms with E-state index in [0.29, 0.717) is 6.54 Å². The molecule has 1 aliphatic carbocycles. The highest BCUT2D eigenvalue weighted by molar-refractivity contribution is 4.86. The second kappa shape index (κ2) is 7.48. The first-order valence-corrected chi connectivity index (χ1v) is 7.25. The van der Waals surface area contributed by atoms with Crippen molar-refractivity contribution in [3.63, 3.8) is 0 Å². The van der Waals surface area contributed by atoms with Crippen molar-refractivity contribution in [2.24, 2.45) is 17.1 Å². The minimum atomic E-state index is -4.24. The largest absolute Gasteiger partial charge is 0.411 e. The van der Waals surface area contributed by atoms with E-state index in [2.05, 4.69) is 6.92 Å².